The van der Waals surface area contributed by atoms with E-state index < -0.39 is 9.96 Å². The maximum absolute atomic E-state index is 13.0. The van der Waals surface area contributed by atoms with Gasteiger partial charge in [-0.2, -0.15) is 0 Å². The van der Waals surface area contributed by atoms with Gasteiger partial charge in [-0.15, -0.1) is 0 Å². The van der Waals surface area contributed by atoms with Crippen LogP contribution in [0.4, 0.5) is 0 Å². The normalized spacial score (nSPS) is 20.3. The van der Waals surface area contributed by atoms with E-state index in [1.807, 2.05) is 31.2 Å². The summed E-state index contributed by atoms with van der Waals surface area (Å²) in [6.07, 6.45) is 12.0. The van der Waals surface area contributed by atoms with E-state index in [1.54, 1.807) is 0 Å². The van der Waals surface area contributed by atoms with Crippen LogP contribution in [-0.4, -0.2) is 33.9 Å². The Bertz CT molecular complexity index is 642. The molecule has 0 heterocycles. The van der Waals surface area contributed by atoms with Gasteiger partial charge in [-0.05, 0) is 56.6 Å². The number of benzene rings is 1. The first-order valence-electron chi connectivity index (χ1n) is 11.5. The largest absolute Gasteiger partial charge is 0.332 e. The van der Waals surface area contributed by atoms with E-state index in [2.05, 4.69) is 10.2 Å². The molecule has 0 saturated heterocycles. The second kappa shape index (κ2) is 11.4. The van der Waals surface area contributed by atoms with Gasteiger partial charge in [-0.3, -0.25) is 9.69 Å². The molecule has 2 aliphatic carbocycles. The van der Waals surface area contributed by atoms with Crippen LogP contribution < -0.4 is 5.32 Å². The van der Waals surface area contributed by atoms with Crippen molar-refractivity contribution in [2.24, 2.45) is 11.8 Å². The number of hydrogen-bond donors (Lipinski definition) is 1. The quantitative estimate of drug-likeness (QED) is 0.345. The van der Waals surface area contributed by atoms with E-state index in [9.17, 15) is 4.79 Å². The van der Waals surface area contributed by atoms with Crippen molar-refractivity contribution >= 4 is 40.7 Å². The molecule has 0 aliphatic heterocycles. The second-order valence-electron chi connectivity index (χ2n) is 9.25. The van der Waals surface area contributed by atoms with E-state index >= 15 is 0 Å². The van der Waals surface area contributed by atoms with Crippen LogP contribution in [0.3, 0.4) is 0 Å². The van der Waals surface area contributed by atoms with Gasteiger partial charge in [0.25, 0.3) is 5.91 Å². The lowest BCUT2D eigenvalue weighted by Crippen LogP contribution is -2.57. The fourth-order valence-corrected chi connectivity index (χ4v) is 5.56. The van der Waals surface area contributed by atoms with E-state index in [0.717, 1.165) is 18.7 Å². The average molecular weight is 474 g/mol. The Morgan fingerprint density at radius 3 is 1.83 bits per heavy atom. The summed E-state index contributed by atoms with van der Waals surface area (Å²) in [7, 11) is 0. The average Bonchev–Trinajstić information content (AvgIpc) is 2.72. The highest BCUT2D eigenvalue weighted by Crippen LogP contribution is 2.36. The molecule has 0 unspecified atom stereocenters. The standard InChI is InChI=1S/C24H35Cl3N2O/c1-18-12-14-21(15-13-18)22(30)28-23(24(25,26)27)29(16-19-8-4-2-5-9-19)17-20-10-6-3-7-11-20/h12-15,19-20,23H,2-11,16-17H2,1H3,(H,28,30)/t23-/m1/s1. The summed E-state index contributed by atoms with van der Waals surface area (Å²) in [6, 6.07) is 7.52. The third kappa shape index (κ3) is 7.29. The number of rotatable bonds is 7. The number of carbonyl (C=O) groups is 1. The Kier molecular flexibility index (Phi) is 9.19. The Hall–Kier alpha value is -0.480. The van der Waals surface area contributed by atoms with Crippen LogP contribution in [-0.2, 0) is 0 Å². The summed E-state index contributed by atoms with van der Waals surface area (Å²) in [5, 5.41) is 3.06. The highest BCUT2D eigenvalue weighted by molar-refractivity contribution is 6.68. The molecule has 2 aliphatic rings. The van der Waals surface area contributed by atoms with Gasteiger partial charge in [0.15, 0.2) is 0 Å². The summed E-state index contributed by atoms with van der Waals surface area (Å²) >= 11 is 19.4. The number of nitrogens with one attached hydrogen (secondary N) is 1. The fraction of sp³-hybridized carbons (Fsp3) is 0.708. The number of hydrogen-bond acceptors (Lipinski definition) is 2. The minimum absolute atomic E-state index is 0.191. The lowest BCUT2D eigenvalue weighted by atomic mass is 9.86. The first kappa shape index (κ1) is 24.2. The predicted molar refractivity (Wildman–Crippen MR) is 127 cm³/mol. The van der Waals surface area contributed by atoms with Crippen molar-refractivity contribution in [3.8, 4) is 0 Å². The molecule has 1 N–H and O–H groups in total. The zero-order chi connectivity index (χ0) is 21.6. The fourth-order valence-electron chi connectivity index (χ4n) is 4.98. The monoisotopic (exact) mass is 472 g/mol. The van der Waals surface area contributed by atoms with Gasteiger partial charge in [0.1, 0.15) is 6.17 Å². The third-order valence-electron chi connectivity index (χ3n) is 6.69. The van der Waals surface area contributed by atoms with Crippen molar-refractivity contribution in [1.82, 2.24) is 10.2 Å². The maximum atomic E-state index is 13.0. The smallest absolute Gasteiger partial charge is 0.252 e. The minimum atomic E-state index is -1.59. The molecule has 2 fully saturated rings. The van der Waals surface area contributed by atoms with Crippen molar-refractivity contribution < 1.29 is 4.79 Å². The van der Waals surface area contributed by atoms with Crippen molar-refractivity contribution in [2.45, 2.75) is 81.1 Å². The Balaban J connectivity index is 1.77. The summed E-state index contributed by atoms with van der Waals surface area (Å²) in [4.78, 5) is 15.3. The summed E-state index contributed by atoms with van der Waals surface area (Å²) in [5.41, 5.74) is 1.70. The molecule has 2 saturated carbocycles. The van der Waals surface area contributed by atoms with Crippen molar-refractivity contribution in [2.75, 3.05) is 13.1 Å². The first-order chi connectivity index (χ1) is 14.3. The molecule has 6 heteroatoms. The highest BCUT2D eigenvalue weighted by Gasteiger charge is 2.40. The zero-order valence-corrected chi connectivity index (χ0v) is 20.3. The van der Waals surface area contributed by atoms with Crippen molar-refractivity contribution in [3.05, 3.63) is 35.4 Å². The molecule has 3 rings (SSSR count). The molecule has 1 aromatic carbocycles. The zero-order valence-electron chi connectivity index (χ0n) is 18.0. The first-order valence-corrected chi connectivity index (χ1v) is 12.6. The van der Waals surface area contributed by atoms with Crippen LogP contribution in [0.25, 0.3) is 0 Å². The van der Waals surface area contributed by atoms with Crippen LogP contribution in [0.15, 0.2) is 24.3 Å². The molecule has 1 atom stereocenters. The number of nitrogens with zero attached hydrogens (tertiary/aromatic N) is 1. The molecule has 0 radical (unpaired) electrons. The van der Waals surface area contributed by atoms with Crippen LogP contribution in [0.2, 0.25) is 0 Å². The lowest BCUT2D eigenvalue weighted by molar-refractivity contribution is 0.0733. The number of amides is 1. The van der Waals surface area contributed by atoms with Crippen LogP contribution in [0.5, 0.6) is 0 Å². The summed E-state index contributed by atoms with van der Waals surface area (Å²) in [6.45, 7) is 3.76. The Labute approximate surface area is 196 Å². The van der Waals surface area contributed by atoms with Gasteiger partial charge in [0.2, 0.25) is 3.79 Å². The van der Waals surface area contributed by atoms with Crippen molar-refractivity contribution in [1.29, 1.82) is 0 Å². The van der Waals surface area contributed by atoms with Gasteiger partial charge >= 0.3 is 0 Å². The molecule has 0 spiro atoms. The molecule has 1 amide bonds. The van der Waals surface area contributed by atoms with Gasteiger partial charge in [-0.25, -0.2) is 0 Å². The predicted octanol–water partition coefficient (Wildman–Crippen LogP) is 6.88. The Morgan fingerprint density at radius 1 is 0.933 bits per heavy atom. The Morgan fingerprint density at radius 2 is 1.40 bits per heavy atom. The van der Waals surface area contributed by atoms with E-state index in [1.165, 1.54) is 64.2 Å². The molecular formula is C24H35Cl3N2O. The molecule has 1 aromatic rings. The number of halogens is 3. The van der Waals surface area contributed by atoms with Crippen LogP contribution >= 0.6 is 34.8 Å². The second-order valence-corrected chi connectivity index (χ2v) is 11.6. The number of aryl methyl sites for hydroxylation is 1. The molecule has 30 heavy (non-hydrogen) atoms. The SMILES string of the molecule is Cc1ccc(C(=O)N[C@H](N(CC2CCCCC2)CC2CCCCC2)C(Cl)(Cl)Cl)cc1. The van der Waals surface area contributed by atoms with E-state index in [-0.39, 0.29) is 5.91 Å². The molecule has 168 valence electrons. The minimum Gasteiger partial charge on any atom is -0.332 e. The molecular weight excluding hydrogens is 439 g/mol. The van der Waals surface area contributed by atoms with Crippen LogP contribution in [0.1, 0.15) is 80.1 Å². The van der Waals surface area contributed by atoms with Gasteiger partial charge < -0.3 is 5.32 Å². The number of alkyl halides is 3. The highest BCUT2D eigenvalue weighted by atomic mass is 35.6. The lowest BCUT2D eigenvalue weighted by Gasteiger charge is -2.41. The maximum Gasteiger partial charge on any atom is 0.252 e. The summed E-state index contributed by atoms with van der Waals surface area (Å²) in [5.74, 6) is 1.02. The third-order valence-corrected chi connectivity index (χ3v) is 7.31. The summed E-state index contributed by atoms with van der Waals surface area (Å²) < 4.78 is -1.59. The van der Waals surface area contributed by atoms with Crippen LogP contribution in [0, 0.1) is 18.8 Å². The van der Waals surface area contributed by atoms with E-state index in [0.29, 0.717) is 17.4 Å². The topological polar surface area (TPSA) is 32.3 Å². The molecule has 3 nitrogen and oxygen atoms in total. The molecule has 0 bridgehead atoms. The van der Waals surface area contributed by atoms with Gasteiger partial charge in [0, 0.05) is 18.7 Å². The van der Waals surface area contributed by atoms with Gasteiger partial charge in [0.05, 0.1) is 0 Å². The number of carbonyl (C=O) groups excluding carboxylic acids is 1. The van der Waals surface area contributed by atoms with E-state index in [4.69, 9.17) is 34.8 Å². The van der Waals surface area contributed by atoms with Crippen molar-refractivity contribution in [3.63, 3.8) is 0 Å². The van der Waals surface area contributed by atoms with Gasteiger partial charge in [-0.1, -0.05) is 91.0 Å². The molecule has 0 aromatic heterocycles.